The third-order valence-electron chi connectivity index (χ3n) is 5.43. The van der Waals surface area contributed by atoms with E-state index in [9.17, 15) is 4.79 Å². The van der Waals surface area contributed by atoms with Crippen molar-refractivity contribution in [3.05, 3.63) is 59.8 Å². The highest BCUT2D eigenvalue weighted by Gasteiger charge is 2.33. The standard InChI is InChI=1S/C23H24N2O4/c1-27-16-7-10-19-15(13-16)6-9-20(24-19)23(26)25-12-4-5-21(25)18-14-17(28-2)8-11-22(18)29-3/h6-11,13-14,21H,4-5,12H2,1-3H3/t21-/m1/s1. The second-order valence-corrected chi connectivity index (χ2v) is 7.02. The summed E-state index contributed by atoms with van der Waals surface area (Å²) < 4.78 is 16.2. The molecule has 0 unspecified atom stereocenters. The number of rotatable bonds is 5. The Morgan fingerprint density at radius 3 is 2.48 bits per heavy atom. The number of fused-ring (bicyclic) bond motifs is 1. The number of amides is 1. The van der Waals surface area contributed by atoms with Crippen LogP contribution in [0.5, 0.6) is 17.2 Å². The Labute approximate surface area is 170 Å². The van der Waals surface area contributed by atoms with Crippen LogP contribution in [0, 0.1) is 0 Å². The number of nitrogens with zero attached hydrogens (tertiary/aromatic N) is 2. The molecule has 0 saturated carbocycles. The summed E-state index contributed by atoms with van der Waals surface area (Å²) >= 11 is 0. The van der Waals surface area contributed by atoms with E-state index >= 15 is 0 Å². The van der Waals surface area contributed by atoms with Gasteiger partial charge in [-0.2, -0.15) is 0 Å². The molecule has 0 spiro atoms. The molecule has 29 heavy (non-hydrogen) atoms. The Morgan fingerprint density at radius 2 is 1.72 bits per heavy atom. The first-order valence-electron chi connectivity index (χ1n) is 9.62. The normalized spacial score (nSPS) is 16.1. The van der Waals surface area contributed by atoms with Crippen molar-refractivity contribution in [2.45, 2.75) is 18.9 Å². The van der Waals surface area contributed by atoms with Crippen LogP contribution in [0.15, 0.2) is 48.5 Å². The molecule has 1 amide bonds. The predicted octanol–water partition coefficient (Wildman–Crippen LogP) is 4.24. The minimum atomic E-state index is -0.0740. The average molecular weight is 392 g/mol. The zero-order chi connectivity index (χ0) is 20.4. The zero-order valence-electron chi connectivity index (χ0n) is 16.8. The number of hydrogen-bond acceptors (Lipinski definition) is 5. The number of benzene rings is 2. The van der Waals surface area contributed by atoms with Crippen LogP contribution in [-0.4, -0.2) is 43.7 Å². The lowest BCUT2D eigenvalue weighted by molar-refractivity contribution is 0.0728. The third kappa shape index (κ3) is 3.58. The highest BCUT2D eigenvalue weighted by molar-refractivity contribution is 5.95. The van der Waals surface area contributed by atoms with Crippen molar-refractivity contribution >= 4 is 16.8 Å². The lowest BCUT2D eigenvalue weighted by Crippen LogP contribution is -2.31. The van der Waals surface area contributed by atoms with E-state index in [1.807, 2.05) is 47.4 Å². The maximum absolute atomic E-state index is 13.3. The summed E-state index contributed by atoms with van der Waals surface area (Å²) in [6, 6.07) is 15.0. The van der Waals surface area contributed by atoms with Gasteiger partial charge in [0.25, 0.3) is 5.91 Å². The van der Waals surface area contributed by atoms with Crippen LogP contribution in [-0.2, 0) is 0 Å². The number of likely N-dealkylation sites (tertiary alicyclic amines) is 1. The van der Waals surface area contributed by atoms with Gasteiger partial charge in [0.1, 0.15) is 22.9 Å². The Bertz CT molecular complexity index is 1050. The van der Waals surface area contributed by atoms with Gasteiger partial charge in [-0.15, -0.1) is 0 Å². The minimum absolute atomic E-state index is 0.0686. The molecule has 2 heterocycles. The molecule has 4 rings (SSSR count). The summed E-state index contributed by atoms with van der Waals surface area (Å²) in [7, 11) is 4.91. The Balaban J connectivity index is 1.67. The van der Waals surface area contributed by atoms with Crippen LogP contribution in [0.1, 0.15) is 34.9 Å². The SMILES string of the molecule is COc1ccc(OC)c([C@H]2CCCN2C(=O)c2ccc3cc(OC)ccc3n2)c1. The second kappa shape index (κ2) is 7.99. The summed E-state index contributed by atoms with van der Waals surface area (Å²) in [6.45, 7) is 0.687. The van der Waals surface area contributed by atoms with Crippen LogP contribution in [0.25, 0.3) is 10.9 Å². The van der Waals surface area contributed by atoms with Crippen molar-refractivity contribution in [1.82, 2.24) is 9.88 Å². The van der Waals surface area contributed by atoms with Crippen LogP contribution in [0.3, 0.4) is 0 Å². The first-order valence-corrected chi connectivity index (χ1v) is 9.62. The first kappa shape index (κ1) is 19.1. The first-order chi connectivity index (χ1) is 14.1. The van der Waals surface area contributed by atoms with Gasteiger partial charge in [-0.25, -0.2) is 4.98 Å². The van der Waals surface area contributed by atoms with Gasteiger partial charge in [0, 0.05) is 17.5 Å². The minimum Gasteiger partial charge on any atom is -0.497 e. The molecule has 0 aliphatic carbocycles. The van der Waals surface area contributed by atoms with Crippen LogP contribution < -0.4 is 14.2 Å². The number of carbonyl (C=O) groups excluding carboxylic acids is 1. The number of hydrogen-bond donors (Lipinski definition) is 0. The highest BCUT2D eigenvalue weighted by Crippen LogP contribution is 2.39. The molecule has 1 aromatic heterocycles. The molecular weight excluding hydrogens is 368 g/mol. The lowest BCUT2D eigenvalue weighted by atomic mass is 10.0. The lowest BCUT2D eigenvalue weighted by Gasteiger charge is -2.26. The van der Waals surface area contributed by atoms with E-state index in [-0.39, 0.29) is 11.9 Å². The van der Waals surface area contributed by atoms with Gasteiger partial charge in [0.15, 0.2) is 0 Å². The maximum atomic E-state index is 13.3. The summed E-state index contributed by atoms with van der Waals surface area (Å²) in [6.07, 6.45) is 1.81. The van der Waals surface area contributed by atoms with E-state index in [4.69, 9.17) is 14.2 Å². The fourth-order valence-electron chi connectivity index (χ4n) is 3.93. The average Bonchev–Trinajstić information content (AvgIpc) is 3.27. The van der Waals surface area contributed by atoms with Gasteiger partial charge in [-0.3, -0.25) is 4.79 Å². The molecule has 6 nitrogen and oxygen atoms in total. The zero-order valence-corrected chi connectivity index (χ0v) is 16.8. The molecule has 3 aromatic rings. The molecule has 1 aliphatic rings. The van der Waals surface area contributed by atoms with E-state index in [0.717, 1.165) is 46.6 Å². The fourth-order valence-corrected chi connectivity index (χ4v) is 3.93. The van der Waals surface area contributed by atoms with Crippen molar-refractivity contribution in [1.29, 1.82) is 0 Å². The smallest absolute Gasteiger partial charge is 0.272 e. The van der Waals surface area contributed by atoms with Gasteiger partial charge in [0.05, 0.1) is 32.9 Å². The quantitative estimate of drug-likeness (QED) is 0.650. The van der Waals surface area contributed by atoms with Gasteiger partial charge < -0.3 is 19.1 Å². The van der Waals surface area contributed by atoms with Crippen LogP contribution in [0.4, 0.5) is 0 Å². The van der Waals surface area contributed by atoms with Crippen molar-refractivity contribution in [2.24, 2.45) is 0 Å². The monoisotopic (exact) mass is 392 g/mol. The molecule has 2 aromatic carbocycles. The van der Waals surface area contributed by atoms with Crippen molar-refractivity contribution in [2.75, 3.05) is 27.9 Å². The number of methoxy groups -OCH3 is 3. The maximum Gasteiger partial charge on any atom is 0.272 e. The summed E-state index contributed by atoms with van der Waals surface area (Å²) in [4.78, 5) is 19.8. The number of ether oxygens (including phenoxy) is 3. The van der Waals surface area contributed by atoms with Crippen LogP contribution in [0.2, 0.25) is 0 Å². The van der Waals surface area contributed by atoms with E-state index in [1.165, 1.54) is 0 Å². The highest BCUT2D eigenvalue weighted by atomic mass is 16.5. The molecule has 1 aliphatic heterocycles. The van der Waals surface area contributed by atoms with Gasteiger partial charge in [-0.05, 0) is 55.3 Å². The molecule has 0 radical (unpaired) electrons. The molecule has 0 bridgehead atoms. The summed E-state index contributed by atoms with van der Waals surface area (Å²) in [5.41, 5.74) is 2.17. The Hall–Kier alpha value is -3.28. The molecular formula is C23H24N2O4. The molecule has 1 atom stereocenters. The molecule has 1 saturated heterocycles. The molecule has 150 valence electrons. The largest absolute Gasteiger partial charge is 0.497 e. The summed E-state index contributed by atoms with van der Waals surface area (Å²) in [5, 5.41) is 0.938. The van der Waals surface area contributed by atoms with Crippen molar-refractivity contribution in [3.63, 3.8) is 0 Å². The Morgan fingerprint density at radius 1 is 0.966 bits per heavy atom. The second-order valence-electron chi connectivity index (χ2n) is 7.02. The van der Waals surface area contributed by atoms with Crippen molar-refractivity contribution < 1.29 is 19.0 Å². The Kier molecular flexibility index (Phi) is 5.25. The van der Waals surface area contributed by atoms with E-state index in [2.05, 4.69) is 4.98 Å². The molecule has 0 N–H and O–H groups in total. The number of carbonyl (C=O) groups is 1. The van der Waals surface area contributed by atoms with Gasteiger partial charge >= 0.3 is 0 Å². The third-order valence-corrected chi connectivity index (χ3v) is 5.43. The fraction of sp³-hybridized carbons (Fsp3) is 0.304. The van der Waals surface area contributed by atoms with E-state index < -0.39 is 0 Å². The van der Waals surface area contributed by atoms with Gasteiger partial charge in [-0.1, -0.05) is 6.07 Å². The number of pyridine rings is 1. The molecule has 1 fully saturated rings. The van der Waals surface area contributed by atoms with Crippen molar-refractivity contribution in [3.8, 4) is 17.2 Å². The molecule has 6 heteroatoms. The topological polar surface area (TPSA) is 60.9 Å². The predicted molar refractivity (Wildman–Crippen MR) is 111 cm³/mol. The van der Waals surface area contributed by atoms with E-state index in [0.29, 0.717) is 12.2 Å². The number of aromatic nitrogens is 1. The van der Waals surface area contributed by atoms with Gasteiger partial charge in [0.2, 0.25) is 0 Å². The van der Waals surface area contributed by atoms with E-state index in [1.54, 1.807) is 27.4 Å². The summed E-state index contributed by atoms with van der Waals surface area (Å²) in [5.74, 6) is 2.20. The van der Waals surface area contributed by atoms with Crippen LogP contribution >= 0.6 is 0 Å².